The first-order valence-corrected chi connectivity index (χ1v) is 7.86. The molecule has 2 rings (SSSR count). The Hall–Kier alpha value is -1.03. The topological polar surface area (TPSA) is 50.4 Å². The third kappa shape index (κ3) is 4.69. The zero-order chi connectivity index (χ0) is 12.6. The third-order valence-corrected chi connectivity index (χ3v) is 4.20. The predicted octanol–water partition coefficient (Wildman–Crippen LogP) is 2.92. The summed E-state index contributed by atoms with van der Waals surface area (Å²) in [5.41, 5.74) is 7.29. The Morgan fingerprint density at radius 1 is 1.33 bits per heavy atom. The SMILES string of the molecule is NC(=NCCc1ccsc1)NC1CCCCCC1. The van der Waals surface area contributed by atoms with Crippen LogP contribution in [0.15, 0.2) is 21.8 Å². The van der Waals surface area contributed by atoms with Crippen LogP contribution in [0.2, 0.25) is 0 Å². The molecule has 1 heterocycles. The Kier molecular flexibility index (Phi) is 5.52. The second kappa shape index (κ2) is 7.41. The van der Waals surface area contributed by atoms with E-state index in [4.69, 9.17) is 5.73 Å². The largest absolute Gasteiger partial charge is 0.370 e. The maximum Gasteiger partial charge on any atom is 0.188 e. The highest BCUT2D eigenvalue weighted by Gasteiger charge is 2.11. The van der Waals surface area contributed by atoms with Crippen molar-refractivity contribution in [2.24, 2.45) is 10.7 Å². The van der Waals surface area contributed by atoms with Crippen molar-refractivity contribution in [1.29, 1.82) is 0 Å². The zero-order valence-electron chi connectivity index (χ0n) is 10.9. The molecule has 0 aromatic carbocycles. The van der Waals surface area contributed by atoms with Crippen LogP contribution in [0.5, 0.6) is 0 Å². The Morgan fingerprint density at radius 3 is 2.78 bits per heavy atom. The standard InChI is InChI=1S/C14H23N3S/c15-14(16-9-7-12-8-10-18-11-12)17-13-5-3-1-2-4-6-13/h8,10-11,13H,1-7,9H2,(H3,15,16,17). The number of aliphatic imine (C=N–C) groups is 1. The molecule has 4 heteroatoms. The van der Waals surface area contributed by atoms with Crippen LogP contribution in [0.1, 0.15) is 44.1 Å². The number of nitrogens with one attached hydrogen (secondary N) is 1. The molecule has 0 spiro atoms. The molecule has 0 saturated heterocycles. The third-order valence-electron chi connectivity index (χ3n) is 3.47. The smallest absolute Gasteiger partial charge is 0.188 e. The zero-order valence-corrected chi connectivity index (χ0v) is 11.7. The van der Waals surface area contributed by atoms with E-state index < -0.39 is 0 Å². The van der Waals surface area contributed by atoms with Gasteiger partial charge in [-0.2, -0.15) is 11.3 Å². The second-order valence-electron chi connectivity index (χ2n) is 4.98. The van der Waals surface area contributed by atoms with Crippen LogP contribution in [0, 0.1) is 0 Å². The van der Waals surface area contributed by atoms with Gasteiger partial charge >= 0.3 is 0 Å². The summed E-state index contributed by atoms with van der Waals surface area (Å²) in [6.07, 6.45) is 8.83. The summed E-state index contributed by atoms with van der Waals surface area (Å²) in [7, 11) is 0. The van der Waals surface area contributed by atoms with Crippen molar-refractivity contribution in [1.82, 2.24) is 5.32 Å². The highest BCUT2D eigenvalue weighted by molar-refractivity contribution is 7.07. The van der Waals surface area contributed by atoms with Gasteiger partial charge in [-0.3, -0.25) is 4.99 Å². The van der Waals surface area contributed by atoms with Gasteiger partial charge in [0.1, 0.15) is 0 Å². The van der Waals surface area contributed by atoms with E-state index in [-0.39, 0.29) is 0 Å². The van der Waals surface area contributed by atoms with E-state index in [1.165, 1.54) is 44.1 Å². The van der Waals surface area contributed by atoms with Crippen molar-refractivity contribution in [2.45, 2.75) is 51.0 Å². The molecule has 1 aliphatic rings. The van der Waals surface area contributed by atoms with Crippen LogP contribution in [0.4, 0.5) is 0 Å². The molecular weight excluding hydrogens is 242 g/mol. The van der Waals surface area contributed by atoms with Crippen molar-refractivity contribution < 1.29 is 0 Å². The summed E-state index contributed by atoms with van der Waals surface area (Å²) in [5.74, 6) is 0.622. The van der Waals surface area contributed by atoms with Crippen molar-refractivity contribution in [3.8, 4) is 0 Å². The molecule has 3 nitrogen and oxygen atoms in total. The number of guanidine groups is 1. The first-order chi connectivity index (χ1) is 8.84. The fourth-order valence-electron chi connectivity index (χ4n) is 2.42. The van der Waals surface area contributed by atoms with Crippen molar-refractivity contribution in [3.63, 3.8) is 0 Å². The van der Waals surface area contributed by atoms with Crippen LogP contribution in [-0.4, -0.2) is 18.5 Å². The summed E-state index contributed by atoms with van der Waals surface area (Å²) < 4.78 is 0. The summed E-state index contributed by atoms with van der Waals surface area (Å²) in [5, 5.41) is 7.64. The lowest BCUT2D eigenvalue weighted by molar-refractivity contribution is 0.530. The molecule has 0 radical (unpaired) electrons. The van der Waals surface area contributed by atoms with E-state index in [1.807, 2.05) is 0 Å². The van der Waals surface area contributed by atoms with E-state index >= 15 is 0 Å². The molecule has 0 amide bonds. The molecule has 0 aliphatic heterocycles. The average molecular weight is 265 g/mol. The predicted molar refractivity (Wildman–Crippen MR) is 79.1 cm³/mol. The minimum absolute atomic E-state index is 0.539. The summed E-state index contributed by atoms with van der Waals surface area (Å²) in [6.45, 7) is 0.780. The molecule has 3 N–H and O–H groups in total. The van der Waals surface area contributed by atoms with E-state index in [0.29, 0.717) is 12.0 Å². The average Bonchev–Trinajstić information content (AvgIpc) is 2.74. The molecular formula is C14H23N3S. The quantitative estimate of drug-likeness (QED) is 0.499. The molecule has 1 saturated carbocycles. The monoisotopic (exact) mass is 265 g/mol. The fraction of sp³-hybridized carbons (Fsp3) is 0.643. The lowest BCUT2D eigenvalue weighted by atomic mass is 10.1. The Labute approximate surface area is 114 Å². The van der Waals surface area contributed by atoms with Crippen LogP contribution in [0.25, 0.3) is 0 Å². The minimum Gasteiger partial charge on any atom is -0.370 e. The molecule has 0 bridgehead atoms. The highest BCUT2D eigenvalue weighted by atomic mass is 32.1. The van der Waals surface area contributed by atoms with Gasteiger partial charge in [-0.05, 0) is 41.7 Å². The van der Waals surface area contributed by atoms with Gasteiger partial charge in [0.05, 0.1) is 0 Å². The first kappa shape index (κ1) is 13.4. The van der Waals surface area contributed by atoms with Crippen molar-refractivity contribution >= 4 is 17.3 Å². The number of thiophene rings is 1. The lowest BCUT2D eigenvalue weighted by Crippen LogP contribution is -2.40. The van der Waals surface area contributed by atoms with Gasteiger partial charge in [-0.25, -0.2) is 0 Å². The van der Waals surface area contributed by atoms with E-state index in [1.54, 1.807) is 11.3 Å². The molecule has 100 valence electrons. The number of hydrogen-bond acceptors (Lipinski definition) is 2. The number of hydrogen-bond donors (Lipinski definition) is 2. The number of rotatable bonds is 4. The van der Waals surface area contributed by atoms with Crippen LogP contribution < -0.4 is 11.1 Å². The van der Waals surface area contributed by atoms with Crippen molar-refractivity contribution in [3.05, 3.63) is 22.4 Å². The second-order valence-corrected chi connectivity index (χ2v) is 5.76. The van der Waals surface area contributed by atoms with Gasteiger partial charge in [0.15, 0.2) is 5.96 Å². The maximum absolute atomic E-state index is 5.94. The van der Waals surface area contributed by atoms with Gasteiger partial charge < -0.3 is 11.1 Å². The Morgan fingerprint density at radius 2 is 2.11 bits per heavy atom. The normalized spacial score (nSPS) is 18.6. The van der Waals surface area contributed by atoms with Gasteiger partial charge in [0, 0.05) is 12.6 Å². The highest BCUT2D eigenvalue weighted by Crippen LogP contribution is 2.16. The summed E-state index contributed by atoms with van der Waals surface area (Å²) in [4.78, 5) is 4.41. The van der Waals surface area contributed by atoms with E-state index in [2.05, 4.69) is 27.1 Å². The van der Waals surface area contributed by atoms with E-state index in [0.717, 1.165) is 13.0 Å². The van der Waals surface area contributed by atoms with Gasteiger partial charge in [0.2, 0.25) is 0 Å². The van der Waals surface area contributed by atoms with Crippen LogP contribution in [0.3, 0.4) is 0 Å². The van der Waals surface area contributed by atoms with Crippen LogP contribution >= 0.6 is 11.3 Å². The first-order valence-electron chi connectivity index (χ1n) is 6.92. The summed E-state index contributed by atoms with van der Waals surface area (Å²) >= 11 is 1.73. The lowest BCUT2D eigenvalue weighted by Gasteiger charge is -2.16. The van der Waals surface area contributed by atoms with Gasteiger partial charge in [-0.1, -0.05) is 25.7 Å². The minimum atomic E-state index is 0.539. The van der Waals surface area contributed by atoms with E-state index in [9.17, 15) is 0 Å². The number of nitrogens with zero attached hydrogens (tertiary/aromatic N) is 1. The van der Waals surface area contributed by atoms with Gasteiger partial charge in [-0.15, -0.1) is 0 Å². The van der Waals surface area contributed by atoms with Gasteiger partial charge in [0.25, 0.3) is 0 Å². The van der Waals surface area contributed by atoms with Crippen molar-refractivity contribution in [2.75, 3.05) is 6.54 Å². The molecule has 0 atom stereocenters. The Bertz CT molecular complexity index is 351. The molecule has 0 unspecified atom stereocenters. The number of nitrogens with two attached hydrogens (primary N) is 1. The molecule has 1 aliphatic carbocycles. The molecule has 1 aromatic heterocycles. The summed E-state index contributed by atoms with van der Waals surface area (Å²) in [6, 6.07) is 2.69. The molecule has 1 aromatic rings. The van der Waals surface area contributed by atoms with Crippen LogP contribution in [-0.2, 0) is 6.42 Å². The maximum atomic E-state index is 5.94. The fourth-order valence-corrected chi connectivity index (χ4v) is 3.12. The molecule has 18 heavy (non-hydrogen) atoms. The molecule has 1 fully saturated rings. The Balaban J connectivity index is 1.70.